The van der Waals surface area contributed by atoms with Crippen molar-refractivity contribution in [3.8, 4) is 0 Å². The van der Waals surface area contributed by atoms with E-state index < -0.39 is 6.10 Å². The summed E-state index contributed by atoms with van der Waals surface area (Å²) in [6.07, 6.45) is -0.112. The summed E-state index contributed by atoms with van der Waals surface area (Å²) < 4.78 is 0. The monoisotopic (exact) mass is 216 g/mol. The van der Waals surface area contributed by atoms with E-state index in [2.05, 4.69) is 4.90 Å². The van der Waals surface area contributed by atoms with E-state index in [9.17, 15) is 4.79 Å². The van der Waals surface area contributed by atoms with Gasteiger partial charge in [-0.3, -0.25) is 9.69 Å². The van der Waals surface area contributed by atoms with Gasteiger partial charge in [0.25, 0.3) is 5.91 Å². The van der Waals surface area contributed by atoms with Gasteiger partial charge >= 0.3 is 0 Å². The van der Waals surface area contributed by atoms with Gasteiger partial charge in [-0.05, 0) is 13.3 Å². The fraction of sp³-hybridized carbons (Fsp3) is 0.900. The predicted octanol–water partition coefficient (Wildman–Crippen LogP) is -1.11. The third-order valence-electron chi connectivity index (χ3n) is 2.67. The highest BCUT2D eigenvalue weighted by molar-refractivity contribution is 5.80. The van der Waals surface area contributed by atoms with Gasteiger partial charge in [0, 0.05) is 39.3 Å². The minimum Gasteiger partial charge on any atom is -0.396 e. The van der Waals surface area contributed by atoms with E-state index in [1.54, 1.807) is 4.90 Å². The summed E-state index contributed by atoms with van der Waals surface area (Å²) in [5.41, 5.74) is 0. The molecule has 0 aliphatic carbocycles. The molecule has 1 unspecified atom stereocenters. The lowest BCUT2D eigenvalue weighted by molar-refractivity contribution is -0.141. The number of amides is 1. The Morgan fingerprint density at radius 3 is 2.40 bits per heavy atom. The topological polar surface area (TPSA) is 64.0 Å². The third kappa shape index (κ3) is 3.77. The van der Waals surface area contributed by atoms with Crippen molar-refractivity contribution in [2.75, 3.05) is 39.3 Å². The Kier molecular flexibility index (Phi) is 5.01. The minimum absolute atomic E-state index is 0.184. The molecule has 1 heterocycles. The van der Waals surface area contributed by atoms with Crippen molar-refractivity contribution in [3.63, 3.8) is 0 Å². The standard InChI is InChI=1S/C10H20N2O3/c1-9(14)10(15)12-6-4-11(5-7-12)3-2-8-13/h9,13-14H,2-8H2,1H3. The minimum atomic E-state index is -0.894. The predicted molar refractivity (Wildman–Crippen MR) is 56.4 cm³/mol. The van der Waals surface area contributed by atoms with Gasteiger partial charge in [-0.1, -0.05) is 0 Å². The zero-order valence-electron chi connectivity index (χ0n) is 9.22. The van der Waals surface area contributed by atoms with Crippen LogP contribution in [0.2, 0.25) is 0 Å². The third-order valence-corrected chi connectivity index (χ3v) is 2.67. The Labute approximate surface area is 90.3 Å². The molecule has 1 amide bonds. The first-order valence-electron chi connectivity index (χ1n) is 5.45. The number of nitrogens with zero attached hydrogens (tertiary/aromatic N) is 2. The summed E-state index contributed by atoms with van der Waals surface area (Å²) in [6, 6.07) is 0. The van der Waals surface area contributed by atoms with Gasteiger partial charge in [0.1, 0.15) is 6.10 Å². The second-order valence-corrected chi connectivity index (χ2v) is 3.92. The maximum atomic E-state index is 11.4. The van der Waals surface area contributed by atoms with Gasteiger partial charge in [0.2, 0.25) is 0 Å². The van der Waals surface area contributed by atoms with Gasteiger partial charge < -0.3 is 15.1 Å². The Morgan fingerprint density at radius 1 is 1.33 bits per heavy atom. The molecule has 0 aromatic carbocycles. The molecule has 1 rings (SSSR count). The fourth-order valence-electron chi connectivity index (χ4n) is 1.75. The fourth-order valence-corrected chi connectivity index (χ4v) is 1.75. The number of aliphatic hydroxyl groups is 2. The van der Waals surface area contributed by atoms with E-state index in [4.69, 9.17) is 10.2 Å². The van der Waals surface area contributed by atoms with Crippen LogP contribution in [0.4, 0.5) is 0 Å². The molecule has 0 saturated carbocycles. The first-order valence-corrected chi connectivity index (χ1v) is 5.45. The Balaban J connectivity index is 2.26. The van der Waals surface area contributed by atoms with Gasteiger partial charge in [-0.15, -0.1) is 0 Å². The van der Waals surface area contributed by atoms with Crippen LogP contribution in [0, 0.1) is 0 Å². The molecule has 1 atom stereocenters. The second-order valence-electron chi connectivity index (χ2n) is 3.92. The lowest BCUT2D eigenvalue weighted by Gasteiger charge is -2.35. The average Bonchev–Trinajstić information content (AvgIpc) is 2.26. The van der Waals surface area contributed by atoms with Crippen LogP contribution in [0.3, 0.4) is 0 Å². The number of piperazine rings is 1. The lowest BCUT2D eigenvalue weighted by atomic mass is 10.2. The number of hydrogen-bond acceptors (Lipinski definition) is 4. The number of rotatable bonds is 4. The quantitative estimate of drug-likeness (QED) is 0.626. The Hall–Kier alpha value is -0.650. The van der Waals surface area contributed by atoms with Crippen molar-refractivity contribution >= 4 is 5.91 Å². The van der Waals surface area contributed by atoms with Crippen molar-refractivity contribution in [2.45, 2.75) is 19.4 Å². The van der Waals surface area contributed by atoms with Crippen LogP contribution >= 0.6 is 0 Å². The maximum absolute atomic E-state index is 11.4. The zero-order chi connectivity index (χ0) is 11.3. The van der Waals surface area contributed by atoms with Crippen LogP contribution in [0.5, 0.6) is 0 Å². The molecule has 0 aromatic rings. The molecule has 0 spiro atoms. The van der Waals surface area contributed by atoms with E-state index in [1.165, 1.54) is 6.92 Å². The molecule has 0 bridgehead atoms. The summed E-state index contributed by atoms with van der Waals surface area (Å²) in [7, 11) is 0. The summed E-state index contributed by atoms with van der Waals surface area (Å²) in [4.78, 5) is 15.4. The van der Waals surface area contributed by atoms with E-state index in [0.29, 0.717) is 13.1 Å². The van der Waals surface area contributed by atoms with E-state index >= 15 is 0 Å². The maximum Gasteiger partial charge on any atom is 0.251 e. The normalized spacial score (nSPS) is 20.3. The van der Waals surface area contributed by atoms with Gasteiger partial charge in [-0.2, -0.15) is 0 Å². The van der Waals surface area contributed by atoms with Crippen LogP contribution in [-0.2, 0) is 4.79 Å². The summed E-state index contributed by atoms with van der Waals surface area (Å²) in [5.74, 6) is -0.184. The number of aliphatic hydroxyl groups excluding tert-OH is 2. The van der Waals surface area contributed by atoms with Crippen LogP contribution in [-0.4, -0.2) is 71.4 Å². The second kappa shape index (κ2) is 6.05. The lowest BCUT2D eigenvalue weighted by Crippen LogP contribution is -2.51. The van der Waals surface area contributed by atoms with Crippen LogP contribution in [0.1, 0.15) is 13.3 Å². The highest BCUT2D eigenvalue weighted by Gasteiger charge is 2.23. The first-order chi connectivity index (χ1) is 7.15. The van der Waals surface area contributed by atoms with Gasteiger partial charge in [0.05, 0.1) is 0 Å². The largest absolute Gasteiger partial charge is 0.396 e. The molecule has 1 saturated heterocycles. The zero-order valence-corrected chi connectivity index (χ0v) is 9.22. The van der Waals surface area contributed by atoms with Gasteiger partial charge in [-0.25, -0.2) is 0 Å². The molecule has 88 valence electrons. The number of hydrogen-bond donors (Lipinski definition) is 2. The highest BCUT2D eigenvalue weighted by Crippen LogP contribution is 2.04. The van der Waals surface area contributed by atoms with Crippen molar-refractivity contribution in [3.05, 3.63) is 0 Å². The van der Waals surface area contributed by atoms with Crippen LogP contribution in [0.25, 0.3) is 0 Å². The molecule has 5 heteroatoms. The van der Waals surface area contributed by atoms with Crippen molar-refractivity contribution in [2.24, 2.45) is 0 Å². The first kappa shape index (κ1) is 12.4. The number of carbonyl (C=O) groups is 1. The molecule has 1 fully saturated rings. The summed E-state index contributed by atoms with van der Waals surface area (Å²) in [5, 5.41) is 17.8. The van der Waals surface area contributed by atoms with Crippen molar-refractivity contribution in [1.82, 2.24) is 9.80 Å². The van der Waals surface area contributed by atoms with Crippen LogP contribution in [0.15, 0.2) is 0 Å². The smallest absolute Gasteiger partial charge is 0.251 e. The molecule has 15 heavy (non-hydrogen) atoms. The molecule has 2 N–H and O–H groups in total. The molecule has 0 aromatic heterocycles. The molecular formula is C10H20N2O3. The van der Waals surface area contributed by atoms with Crippen molar-refractivity contribution < 1.29 is 15.0 Å². The molecule has 0 radical (unpaired) electrons. The Bertz CT molecular complexity index is 201. The van der Waals surface area contributed by atoms with E-state index in [-0.39, 0.29) is 12.5 Å². The molecule has 5 nitrogen and oxygen atoms in total. The van der Waals surface area contributed by atoms with Gasteiger partial charge in [0.15, 0.2) is 0 Å². The Morgan fingerprint density at radius 2 is 1.93 bits per heavy atom. The average molecular weight is 216 g/mol. The SMILES string of the molecule is CC(O)C(=O)N1CCN(CCCO)CC1. The van der Waals surface area contributed by atoms with E-state index in [0.717, 1.165) is 26.1 Å². The molecule has 1 aliphatic heterocycles. The summed E-state index contributed by atoms with van der Waals surface area (Å²) in [6.45, 7) is 5.61. The summed E-state index contributed by atoms with van der Waals surface area (Å²) >= 11 is 0. The molecular weight excluding hydrogens is 196 g/mol. The number of carbonyl (C=O) groups excluding carboxylic acids is 1. The highest BCUT2D eigenvalue weighted by atomic mass is 16.3. The van der Waals surface area contributed by atoms with E-state index in [1.807, 2.05) is 0 Å². The van der Waals surface area contributed by atoms with Crippen molar-refractivity contribution in [1.29, 1.82) is 0 Å². The van der Waals surface area contributed by atoms with Crippen LogP contribution < -0.4 is 0 Å². The molecule has 1 aliphatic rings.